The summed E-state index contributed by atoms with van der Waals surface area (Å²) in [6.45, 7) is 4.82. The number of rotatable bonds is 5. The van der Waals surface area contributed by atoms with E-state index in [-0.39, 0.29) is 42.0 Å². The maximum atomic E-state index is 13.3. The Balaban J connectivity index is 1.97. The van der Waals surface area contributed by atoms with Gasteiger partial charge in [0.05, 0.1) is 18.0 Å². The quantitative estimate of drug-likeness (QED) is 0.666. The Morgan fingerprint density at radius 2 is 1.79 bits per heavy atom. The standard InChI is InChI=1S/C18H27N3O6S2/c1-3-27-17-7-6-16(21-8-4-5-13-28(21,23)24)14-18(17)29(25,26)20-11-9-19(10-12-20)15(2)22/h6-7,14H,3-5,8-13H2,1-2H3. The Bertz CT molecular complexity index is 969. The second-order valence-corrected chi connectivity index (χ2v) is 11.0. The highest BCUT2D eigenvalue weighted by Gasteiger charge is 2.33. The lowest BCUT2D eigenvalue weighted by Crippen LogP contribution is -2.50. The van der Waals surface area contributed by atoms with Crippen LogP contribution in [0.1, 0.15) is 26.7 Å². The minimum Gasteiger partial charge on any atom is -0.492 e. The third kappa shape index (κ3) is 4.51. The largest absolute Gasteiger partial charge is 0.492 e. The second-order valence-electron chi connectivity index (χ2n) is 7.07. The molecule has 2 aliphatic heterocycles. The molecule has 162 valence electrons. The van der Waals surface area contributed by atoms with E-state index in [1.807, 2.05) is 0 Å². The first kappa shape index (κ1) is 21.8. The molecule has 0 unspecified atom stereocenters. The number of carbonyl (C=O) groups excluding carboxylic acids is 1. The molecule has 3 rings (SSSR count). The van der Waals surface area contributed by atoms with Gasteiger partial charge in [0.2, 0.25) is 26.0 Å². The van der Waals surface area contributed by atoms with Crippen molar-refractivity contribution in [3.05, 3.63) is 18.2 Å². The summed E-state index contributed by atoms with van der Waals surface area (Å²) in [5.74, 6) is 0.156. The summed E-state index contributed by atoms with van der Waals surface area (Å²) in [6.07, 6.45) is 1.32. The number of nitrogens with zero attached hydrogens (tertiary/aromatic N) is 3. The number of anilines is 1. The minimum absolute atomic E-state index is 0.0473. The fraction of sp³-hybridized carbons (Fsp3) is 0.611. The summed E-state index contributed by atoms with van der Waals surface area (Å²) < 4.78 is 59.7. The molecule has 0 N–H and O–H groups in total. The molecule has 9 nitrogen and oxygen atoms in total. The van der Waals surface area contributed by atoms with Crippen LogP contribution in [0.15, 0.2) is 23.1 Å². The lowest BCUT2D eigenvalue weighted by atomic mass is 10.2. The third-order valence-electron chi connectivity index (χ3n) is 5.17. The van der Waals surface area contributed by atoms with Gasteiger partial charge in [0.25, 0.3) is 0 Å². The van der Waals surface area contributed by atoms with Gasteiger partial charge in [0.15, 0.2) is 0 Å². The number of ether oxygens (including phenoxy) is 1. The number of carbonyl (C=O) groups is 1. The van der Waals surface area contributed by atoms with Gasteiger partial charge in [0, 0.05) is 39.6 Å². The fourth-order valence-electron chi connectivity index (χ4n) is 3.59. The predicted octanol–water partition coefficient (Wildman–Crippen LogP) is 0.868. The van der Waals surface area contributed by atoms with Crippen molar-refractivity contribution in [2.75, 3.05) is 49.4 Å². The molecule has 11 heteroatoms. The van der Waals surface area contributed by atoms with E-state index in [1.165, 1.54) is 27.7 Å². The van der Waals surface area contributed by atoms with E-state index in [1.54, 1.807) is 17.9 Å². The average Bonchev–Trinajstić information content (AvgIpc) is 2.68. The van der Waals surface area contributed by atoms with Crippen molar-refractivity contribution < 1.29 is 26.4 Å². The predicted molar refractivity (Wildman–Crippen MR) is 109 cm³/mol. The van der Waals surface area contributed by atoms with Crippen molar-refractivity contribution in [3.63, 3.8) is 0 Å². The van der Waals surface area contributed by atoms with Gasteiger partial charge in [-0.15, -0.1) is 0 Å². The molecule has 29 heavy (non-hydrogen) atoms. The monoisotopic (exact) mass is 445 g/mol. The molecule has 0 aliphatic carbocycles. The number of benzene rings is 1. The first-order chi connectivity index (χ1) is 13.7. The summed E-state index contributed by atoms with van der Waals surface area (Å²) in [5.41, 5.74) is 0.328. The maximum Gasteiger partial charge on any atom is 0.246 e. The van der Waals surface area contributed by atoms with E-state index in [9.17, 15) is 21.6 Å². The van der Waals surface area contributed by atoms with Gasteiger partial charge in [-0.05, 0) is 38.0 Å². The second kappa shape index (κ2) is 8.49. The zero-order valence-electron chi connectivity index (χ0n) is 16.7. The van der Waals surface area contributed by atoms with Crippen LogP contribution in [0.25, 0.3) is 0 Å². The van der Waals surface area contributed by atoms with Crippen LogP contribution in [-0.4, -0.2) is 77.0 Å². The lowest BCUT2D eigenvalue weighted by molar-refractivity contribution is -0.129. The van der Waals surface area contributed by atoms with Gasteiger partial charge < -0.3 is 9.64 Å². The lowest BCUT2D eigenvalue weighted by Gasteiger charge is -2.34. The van der Waals surface area contributed by atoms with Crippen molar-refractivity contribution in [2.24, 2.45) is 0 Å². The number of hydrogen-bond donors (Lipinski definition) is 0. The SMILES string of the molecule is CCOc1ccc(N2CCCCS2(=O)=O)cc1S(=O)(=O)N1CCN(C(C)=O)CC1. The van der Waals surface area contributed by atoms with E-state index < -0.39 is 20.0 Å². The molecule has 1 aromatic carbocycles. The van der Waals surface area contributed by atoms with Gasteiger partial charge in [0.1, 0.15) is 10.6 Å². The Morgan fingerprint density at radius 1 is 1.10 bits per heavy atom. The number of hydrogen-bond acceptors (Lipinski definition) is 6. The summed E-state index contributed by atoms with van der Waals surface area (Å²) >= 11 is 0. The molecular formula is C18H27N3O6S2. The minimum atomic E-state index is -3.91. The average molecular weight is 446 g/mol. The van der Waals surface area contributed by atoms with Crippen molar-refractivity contribution in [1.29, 1.82) is 0 Å². The molecule has 0 spiro atoms. The molecular weight excluding hydrogens is 418 g/mol. The Hall–Kier alpha value is -1.85. The summed E-state index contributed by atoms with van der Waals surface area (Å²) in [6, 6.07) is 4.49. The van der Waals surface area contributed by atoms with Crippen LogP contribution in [0.4, 0.5) is 5.69 Å². The zero-order valence-corrected chi connectivity index (χ0v) is 18.3. The summed E-state index contributed by atoms with van der Waals surface area (Å²) in [4.78, 5) is 13.1. The number of piperazine rings is 1. The molecule has 2 aliphatic rings. The highest BCUT2D eigenvalue weighted by molar-refractivity contribution is 7.92. The molecule has 2 saturated heterocycles. The maximum absolute atomic E-state index is 13.3. The molecule has 0 aromatic heterocycles. The van der Waals surface area contributed by atoms with E-state index in [0.717, 1.165) is 6.42 Å². The Labute approximate surface area is 172 Å². The summed E-state index contributed by atoms with van der Waals surface area (Å²) in [7, 11) is -7.38. The molecule has 2 fully saturated rings. The zero-order chi connectivity index (χ0) is 21.2. The van der Waals surface area contributed by atoms with Crippen LogP contribution in [0.3, 0.4) is 0 Å². The third-order valence-corrected chi connectivity index (χ3v) is 8.96. The molecule has 0 bridgehead atoms. The fourth-order valence-corrected chi connectivity index (χ4v) is 6.79. The first-order valence-corrected chi connectivity index (χ1v) is 12.7. The van der Waals surface area contributed by atoms with E-state index in [0.29, 0.717) is 31.7 Å². The Morgan fingerprint density at radius 3 is 2.38 bits per heavy atom. The Kier molecular flexibility index (Phi) is 6.39. The highest BCUT2D eigenvalue weighted by Crippen LogP contribution is 2.34. The highest BCUT2D eigenvalue weighted by atomic mass is 32.2. The van der Waals surface area contributed by atoms with Crippen molar-refractivity contribution in [2.45, 2.75) is 31.6 Å². The number of amides is 1. The van der Waals surface area contributed by atoms with Gasteiger partial charge in [-0.25, -0.2) is 16.8 Å². The van der Waals surface area contributed by atoms with Crippen molar-refractivity contribution >= 4 is 31.6 Å². The van der Waals surface area contributed by atoms with Gasteiger partial charge in [-0.2, -0.15) is 4.31 Å². The van der Waals surface area contributed by atoms with Crippen LogP contribution >= 0.6 is 0 Å². The van der Waals surface area contributed by atoms with E-state index in [2.05, 4.69) is 0 Å². The molecule has 1 aromatic rings. The van der Waals surface area contributed by atoms with Crippen molar-refractivity contribution in [1.82, 2.24) is 9.21 Å². The first-order valence-electron chi connectivity index (χ1n) is 9.70. The molecule has 0 radical (unpaired) electrons. The van der Waals surface area contributed by atoms with Gasteiger partial charge in [-0.3, -0.25) is 9.10 Å². The van der Waals surface area contributed by atoms with Crippen LogP contribution < -0.4 is 9.04 Å². The molecule has 0 saturated carbocycles. The molecule has 1 amide bonds. The smallest absolute Gasteiger partial charge is 0.246 e. The van der Waals surface area contributed by atoms with E-state index >= 15 is 0 Å². The topological polar surface area (TPSA) is 104 Å². The van der Waals surface area contributed by atoms with Crippen LogP contribution in [-0.2, 0) is 24.8 Å². The number of sulfonamides is 2. The van der Waals surface area contributed by atoms with Crippen molar-refractivity contribution in [3.8, 4) is 5.75 Å². The normalized spacial score (nSPS) is 20.5. The molecule has 2 heterocycles. The van der Waals surface area contributed by atoms with Crippen LogP contribution in [0.5, 0.6) is 5.75 Å². The summed E-state index contributed by atoms with van der Waals surface area (Å²) in [5, 5.41) is 0. The van der Waals surface area contributed by atoms with Crippen LogP contribution in [0.2, 0.25) is 0 Å². The van der Waals surface area contributed by atoms with Gasteiger partial charge in [-0.1, -0.05) is 0 Å². The molecule has 0 atom stereocenters. The van der Waals surface area contributed by atoms with E-state index in [4.69, 9.17) is 4.74 Å². The van der Waals surface area contributed by atoms with Gasteiger partial charge >= 0.3 is 0 Å². The van der Waals surface area contributed by atoms with Crippen LogP contribution in [0, 0.1) is 0 Å².